The number of nitrogens with zero attached hydrogens (tertiary/aromatic N) is 2. The van der Waals surface area contributed by atoms with Crippen LogP contribution in [0.3, 0.4) is 0 Å². The third-order valence-corrected chi connectivity index (χ3v) is 6.53. The monoisotopic (exact) mass is 406 g/mol. The average Bonchev–Trinajstić information content (AvgIpc) is 3.12. The van der Waals surface area contributed by atoms with Crippen LogP contribution in [0.5, 0.6) is 0 Å². The number of benzene rings is 3. The lowest BCUT2D eigenvalue weighted by Crippen LogP contribution is -2.16. The minimum Gasteiger partial charge on any atom is -0.284 e. The summed E-state index contributed by atoms with van der Waals surface area (Å²) in [5.74, 6) is 0. The van der Waals surface area contributed by atoms with Gasteiger partial charge in [0.25, 0.3) is 10.0 Å². The van der Waals surface area contributed by atoms with E-state index in [-0.39, 0.29) is 4.90 Å². The molecule has 0 unspecified atom stereocenters. The van der Waals surface area contributed by atoms with Gasteiger partial charge in [-0.15, -0.1) is 15.7 Å². The van der Waals surface area contributed by atoms with Gasteiger partial charge >= 0.3 is 0 Å². The van der Waals surface area contributed by atoms with Gasteiger partial charge in [0, 0.05) is 11.1 Å². The summed E-state index contributed by atoms with van der Waals surface area (Å²) < 4.78 is 31.8. The van der Waals surface area contributed by atoms with Crippen LogP contribution in [0.25, 0.3) is 16.9 Å². The van der Waals surface area contributed by atoms with Crippen LogP contribution in [0.1, 0.15) is 5.56 Å². The highest BCUT2D eigenvalue weighted by atomic mass is 32.2. The fraction of sp³-hybridized carbons (Fsp3) is 0.0455. The van der Waals surface area contributed by atoms with Gasteiger partial charge in [-0.25, -0.2) is 0 Å². The molecular weight excluding hydrogens is 388 g/mol. The largest absolute Gasteiger partial charge is 0.285 e. The molecule has 4 nitrogen and oxygen atoms in total. The molecular formula is C22H18N2O2S2. The molecule has 140 valence electrons. The molecule has 0 saturated heterocycles. The SMILES string of the molecule is Cc1ccc(S(=O)(=O)/N=c2/scc(-c3ccccc3)n2-c2ccccc2)cc1. The van der Waals surface area contributed by atoms with Gasteiger partial charge in [0.15, 0.2) is 0 Å². The first-order chi connectivity index (χ1) is 13.5. The molecule has 0 aliphatic heterocycles. The van der Waals surface area contributed by atoms with E-state index in [0.29, 0.717) is 4.80 Å². The van der Waals surface area contributed by atoms with Crippen LogP contribution in [0.15, 0.2) is 99.6 Å². The molecule has 0 atom stereocenters. The van der Waals surface area contributed by atoms with E-state index in [9.17, 15) is 8.42 Å². The molecule has 0 aliphatic rings. The Morgan fingerprint density at radius 3 is 2.07 bits per heavy atom. The quantitative estimate of drug-likeness (QED) is 0.489. The lowest BCUT2D eigenvalue weighted by atomic mass is 10.1. The van der Waals surface area contributed by atoms with E-state index in [4.69, 9.17) is 0 Å². The second kappa shape index (κ2) is 7.58. The van der Waals surface area contributed by atoms with Gasteiger partial charge in [0.2, 0.25) is 4.80 Å². The zero-order valence-electron chi connectivity index (χ0n) is 15.2. The van der Waals surface area contributed by atoms with Crippen molar-refractivity contribution < 1.29 is 8.42 Å². The average molecular weight is 407 g/mol. The van der Waals surface area contributed by atoms with Gasteiger partial charge in [0.05, 0.1) is 10.6 Å². The molecule has 6 heteroatoms. The van der Waals surface area contributed by atoms with Crippen LogP contribution >= 0.6 is 11.3 Å². The van der Waals surface area contributed by atoms with Crippen molar-refractivity contribution in [2.75, 3.05) is 0 Å². The first kappa shape index (κ1) is 18.4. The molecule has 0 radical (unpaired) electrons. The molecule has 0 amide bonds. The minimum atomic E-state index is -3.81. The van der Waals surface area contributed by atoms with Crippen LogP contribution in [0.2, 0.25) is 0 Å². The molecule has 1 heterocycles. The molecule has 0 saturated carbocycles. The highest BCUT2D eigenvalue weighted by molar-refractivity contribution is 7.90. The number of para-hydroxylation sites is 1. The highest BCUT2D eigenvalue weighted by Crippen LogP contribution is 2.23. The number of sulfonamides is 1. The lowest BCUT2D eigenvalue weighted by molar-refractivity contribution is 0.596. The molecule has 4 aromatic rings. The Kier molecular flexibility index (Phi) is 4.98. The molecule has 0 N–H and O–H groups in total. The zero-order chi connectivity index (χ0) is 19.6. The van der Waals surface area contributed by atoms with Crippen molar-refractivity contribution in [2.24, 2.45) is 4.40 Å². The second-order valence-corrected chi connectivity index (χ2v) is 8.76. The van der Waals surface area contributed by atoms with Crippen molar-refractivity contribution in [3.8, 4) is 16.9 Å². The third kappa shape index (κ3) is 3.69. The van der Waals surface area contributed by atoms with Gasteiger partial charge in [-0.05, 0) is 36.8 Å². The summed E-state index contributed by atoms with van der Waals surface area (Å²) in [5, 5.41) is 1.94. The van der Waals surface area contributed by atoms with Crippen molar-refractivity contribution in [3.05, 3.63) is 101 Å². The number of aryl methyl sites for hydroxylation is 1. The normalized spacial score (nSPS) is 12.2. The second-order valence-electron chi connectivity index (χ2n) is 6.32. The van der Waals surface area contributed by atoms with Crippen LogP contribution in [0, 0.1) is 6.92 Å². The molecule has 4 rings (SSSR count). The predicted molar refractivity (Wildman–Crippen MR) is 113 cm³/mol. The summed E-state index contributed by atoms with van der Waals surface area (Å²) in [6.45, 7) is 1.92. The van der Waals surface area contributed by atoms with E-state index in [0.717, 1.165) is 22.5 Å². The van der Waals surface area contributed by atoms with Crippen LogP contribution in [-0.4, -0.2) is 13.0 Å². The van der Waals surface area contributed by atoms with E-state index in [2.05, 4.69) is 4.40 Å². The van der Waals surface area contributed by atoms with Crippen molar-refractivity contribution in [2.45, 2.75) is 11.8 Å². The molecule has 0 fully saturated rings. The summed E-state index contributed by atoms with van der Waals surface area (Å²) >= 11 is 1.31. The van der Waals surface area contributed by atoms with Crippen LogP contribution in [-0.2, 0) is 10.0 Å². The molecule has 28 heavy (non-hydrogen) atoms. The third-order valence-electron chi connectivity index (χ3n) is 4.31. The minimum absolute atomic E-state index is 0.187. The van der Waals surface area contributed by atoms with Crippen molar-refractivity contribution in [1.82, 2.24) is 4.57 Å². The molecule has 0 aliphatic carbocycles. The summed E-state index contributed by atoms with van der Waals surface area (Å²) in [6.07, 6.45) is 0. The first-order valence-corrected chi connectivity index (χ1v) is 11.1. The Labute approximate surface area is 168 Å². The van der Waals surface area contributed by atoms with E-state index in [1.165, 1.54) is 11.3 Å². The highest BCUT2D eigenvalue weighted by Gasteiger charge is 2.15. The maximum absolute atomic E-state index is 12.9. The van der Waals surface area contributed by atoms with Gasteiger partial charge in [-0.2, -0.15) is 8.42 Å². The van der Waals surface area contributed by atoms with Crippen LogP contribution in [0.4, 0.5) is 0 Å². The number of aromatic nitrogens is 1. The Balaban J connectivity index is 1.94. The van der Waals surface area contributed by atoms with E-state index in [1.807, 2.05) is 77.5 Å². The van der Waals surface area contributed by atoms with Gasteiger partial charge in [0.1, 0.15) is 0 Å². The molecule has 0 bridgehead atoms. The van der Waals surface area contributed by atoms with Crippen LogP contribution < -0.4 is 4.80 Å². The molecule has 1 aromatic heterocycles. The Morgan fingerprint density at radius 1 is 0.821 bits per heavy atom. The zero-order valence-corrected chi connectivity index (χ0v) is 16.8. The summed E-state index contributed by atoms with van der Waals surface area (Å²) in [5.41, 5.74) is 3.76. The fourth-order valence-electron chi connectivity index (χ4n) is 2.88. The van der Waals surface area contributed by atoms with Gasteiger partial charge in [-0.1, -0.05) is 66.2 Å². The summed E-state index contributed by atoms with van der Waals surface area (Å²) in [6, 6.07) is 26.3. The number of hydrogen-bond donors (Lipinski definition) is 0. The van der Waals surface area contributed by atoms with E-state index in [1.54, 1.807) is 24.3 Å². The molecule has 3 aromatic carbocycles. The summed E-state index contributed by atoms with van der Waals surface area (Å²) in [4.78, 5) is 0.595. The van der Waals surface area contributed by atoms with Crippen molar-refractivity contribution in [1.29, 1.82) is 0 Å². The number of rotatable bonds is 4. The lowest BCUT2D eigenvalue weighted by Gasteiger charge is -2.09. The Morgan fingerprint density at radius 2 is 1.43 bits per heavy atom. The number of thiazole rings is 1. The fourth-order valence-corrected chi connectivity index (χ4v) is 4.98. The topological polar surface area (TPSA) is 51.4 Å². The van der Waals surface area contributed by atoms with Gasteiger partial charge < -0.3 is 0 Å². The van der Waals surface area contributed by atoms with Crippen molar-refractivity contribution in [3.63, 3.8) is 0 Å². The Hall–Kier alpha value is -2.96. The molecule has 0 spiro atoms. The Bertz CT molecular complexity index is 1260. The smallest absolute Gasteiger partial charge is 0.284 e. The van der Waals surface area contributed by atoms with E-state index >= 15 is 0 Å². The maximum Gasteiger partial charge on any atom is 0.285 e. The first-order valence-electron chi connectivity index (χ1n) is 8.74. The van der Waals surface area contributed by atoms with Crippen molar-refractivity contribution >= 4 is 21.4 Å². The van der Waals surface area contributed by atoms with Gasteiger partial charge in [-0.3, -0.25) is 4.57 Å². The summed E-state index contributed by atoms with van der Waals surface area (Å²) in [7, 11) is -3.81. The predicted octanol–water partition coefficient (Wildman–Crippen LogP) is 4.80. The van der Waals surface area contributed by atoms with E-state index < -0.39 is 10.0 Å². The number of hydrogen-bond acceptors (Lipinski definition) is 3. The standard InChI is InChI=1S/C22H18N2O2S2/c1-17-12-14-20(15-13-17)28(25,26)23-22-24(19-10-6-3-7-11-19)21(16-27-22)18-8-4-2-5-9-18/h2-16H,1H3/b23-22+. The maximum atomic E-state index is 12.9.